The second kappa shape index (κ2) is 7.50. The van der Waals surface area contributed by atoms with Crippen molar-refractivity contribution in [3.8, 4) is 0 Å². The molecule has 0 spiro atoms. The molecule has 0 unspecified atom stereocenters. The summed E-state index contributed by atoms with van der Waals surface area (Å²) in [7, 11) is 0. The van der Waals surface area contributed by atoms with Crippen LogP contribution in [-0.2, 0) is 14.3 Å². The van der Waals surface area contributed by atoms with E-state index in [1.165, 1.54) is 6.92 Å². The summed E-state index contributed by atoms with van der Waals surface area (Å²) in [6.07, 6.45) is 4.62. The van der Waals surface area contributed by atoms with Gasteiger partial charge in [0.2, 0.25) is 0 Å². The molecule has 0 atom stereocenters. The monoisotopic (exact) mass is 285 g/mol. The normalized spacial score (nSPS) is 23.0. The summed E-state index contributed by atoms with van der Waals surface area (Å²) in [6.45, 7) is 7.52. The molecule has 5 nitrogen and oxygen atoms in total. The van der Waals surface area contributed by atoms with E-state index in [1.807, 2.05) is 20.8 Å². The van der Waals surface area contributed by atoms with Gasteiger partial charge in [0.25, 0.3) is 0 Å². The topological polar surface area (TPSA) is 64.6 Å². The lowest BCUT2D eigenvalue weighted by Crippen LogP contribution is -2.41. The SMILES string of the molecule is CC(=O)OCC[C@H]1CC[C@H](NC(=O)OC(C)(C)C)CC1. The van der Waals surface area contributed by atoms with Crippen molar-refractivity contribution < 1.29 is 19.1 Å². The maximum Gasteiger partial charge on any atom is 0.407 e. The van der Waals surface area contributed by atoms with Crippen LogP contribution in [0.2, 0.25) is 0 Å². The molecule has 1 saturated carbocycles. The molecule has 116 valence electrons. The molecule has 0 heterocycles. The van der Waals surface area contributed by atoms with Crippen LogP contribution in [-0.4, -0.2) is 30.3 Å². The van der Waals surface area contributed by atoms with Crippen molar-refractivity contribution in [2.24, 2.45) is 5.92 Å². The summed E-state index contributed by atoms with van der Waals surface area (Å²) in [6, 6.07) is 0.204. The summed E-state index contributed by atoms with van der Waals surface area (Å²) in [5, 5.41) is 2.92. The maximum absolute atomic E-state index is 11.7. The molecule has 1 N–H and O–H groups in total. The lowest BCUT2D eigenvalue weighted by atomic mass is 9.84. The minimum absolute atomic E-state index is 0.204. The lowest BCUT2D eigenvalue weighted by Gasteiger charge is -2.30. The molecular weight excluding hydrogens is 258 g/mol. The van der Waals surface area contributed by atoms with Crippen molar-refractivity contribution in [2.45, 2.75) is 71.4 Å². The van der Waals surface area contributed by atoms with E-state index < -0.39 is 5.60 Å². The minimum Gasteiger partial charge on any atom is -0.466 e. The van der Waals surface area contributed by atoms with Crippen LogP contribution in [0.15, 0.2) is 0 Å². The Morgan fingerprint density at radius 2 is 1.75 bits per heavy atom. The van der Waals surface area contributed by atoms with Gasteiger partial charge in [0, 0.05) is 13.0 Å². The van der Waals surface area contributed by atoms with Crippen LogP contribution in [0.1, 0.15) is 59.8 Å². The van der Waals surface area contributed by atoms with Crippen molar-refractivity contribution >= 4 is 12.1 Å². The van der Waals surface area contributed by atoms with Gasteiger partial charge >= 0.3 is 12.1 Å². The molecule has 1 fully saturated rings. The fraction of sp³-hybridized carbons (Fsp3) is 0.867. The van der Waals surface area contributed by atoms with E-state index in [9.17, 15) is 9.59 Å². The molecule has 0 aliphatic heterocycles. The molecule has 0 bridgehead atoms. The fourth-order valence-corrected chi connectivity index (χ4v) is 2.44. The van der Waals surface area contributed by atoms with Gasteiger partial charge in [0.05, 0.1) is 6.61 Å². The number of nitrogens with one attached hydrogen (secondary N) is 1. The number of hydrogen-bond acceptors (Lipinski definition) is 4. The zero-order valence-corrected chi connectivity index (χ0v) is 13.0. The first-order valence-electron chi connectivity index (χ1n) is 7.39. The minimum atomic E-state index is -0.453. The van der Waals surface area contributed by atoms with Crippen LogP contribution in [0.5, 0.6) is 0 Å². The first-order valence-corrected chi connectivity index (χ1v) is 7.39. The summed E-state index contributed by atoms with van der Waals surface area (Å²) in [5.74, 6) is 0.372. The standard InChI is InChI=1S/C15H27NO4/c1-11(17)19-10-9-12-5-7-13(8-6-12)16-14(18)20-15(2,3)4/h12-13H,5-10H2,1-4H3,(H,16,18)/t12-,13-. The number of carbonyl (C=O) groups is 2. The Hall–Kier alpha value is -1.26. The molecule has 1 rings (SSSR count). The van der Waals surface area contributed by atoms with Crippen LogP contribution in [0.25, 0.3) is 0 Å². The van der Waals surface area contributed by atoms with E-state index in [0.29, 0.717) is 12.5 Å². The van der Waals surface area contributed by atoms with Gasteiger partial charge in [-0.2, -0.15) is 0 Å². The van der Waals surface area contributed by atoms with E-state index in [4.69, 9.17) is 9.47 Å². The zero-order valence-electron chi connectivity index (χ0n) is 13.0. The molecule has 0 saturated heterocycles. The Balaban J connectivity index is 2.18. The van der Waals surface area contributed by atoms with Gasteiger partial charge in [0.15, 0.2) is 0 Å². The molecule has 0 aromatic carbocycles. The molecule has 1 aliphatic rings. The first kappa shape index (κ1) is 16.8. The molecule has 0 aromatic rings. The van der Waals surface area contributed by atoms with E-state index in [1.54, 1.807) is 0 Å². The van der Waals surface area contributed by atoms with Gasteiger partial charge in [-0.3, -0.25) is 4.79 Å². The van der Waals surface area contributed by atoms with Crippen LogP contribution < -0.4 is 5.32 Å². The first-order chi connectivity index (χ1) is 9.26. The highest BCUT2D eigenvalue weighted by atomic mass is 16.6. The molecule has 20 heavy (non-hydrogen) atoms. The van der Waals surface area contributed by atoms with Gasteiger partial charge in [-0.15, -0.1) is 0 Å². The molecule has 5 heteroatoms. The third-order valence-corrected chi connectivity index (χ3v) is 3.40. The fourth-order valence-electron chi connectivity index (χ4n) is 2.44. The van der Waals surface area contributed by atoms with Crippen LogP contribution >= 0.6 is 0 Å². The van der Waals surface area contributed by atoms with E-state index in [-0.39, 0.29) is 18.1 Å². The number of amides is 1. The smallest absolute Gasteiger partial charge is 0.407 e. The molecule has 0 radical (unpaired) electrons. The highest BCUT2D eigenvalue weighted by Crippen LogP contribution is 2.27. The predicted molar refractivity (Wildman–Crippen MR) is 76.4 cm³/mol. The Labute approximate surface area is 121 Å². The molecule has 1 aliphatic carbocycles. The lowest BCUT2D eigenvalue weighted by molar-refractivity contribution is -0.141. The zero-order chi connectivity index (χ0) is 15.2. The Morgan fingerprint density at radius 3 is 2.25 bits per heavy atom. The van der Waals surface area contributed by atoms with Crippen LogP contribution in [0, 0.1) is 5.92 Å². The number of carbonyl (C=O) groups excluding carboxylic acids is 2. The Morgan fingerprint density at radius 1 is 1.15 bits per heavy atom. The molecule has 1 amide bonds. The molecule has 0 aromatic heterocycles. The van der Waals surface area contributed by atoms with Crippen molar-refractivity contribution in [3.05, 3.63) is 0 Å². The van der Waals surface area contributed by atoms with Crippen LogP contribution in [0.3, 0.4) is 0 Å². The van der Waals surface area contributed by atoms with Gasteiger partial charge < -0.3 is 14.8 Å². The number of alkyl carbamates (subject to hydrolysis) is 1. The van der Waals surface area contributed by atoms with Crippen molar-refractivity contribution in [1.29, 1.82) is 0 Å². The average Bonchev–Trinajstić information content (AvgIpc) is 2.28. The van der Waals surface area contributed by atoms with Gasteiger partial charge in [0.1, 0.15) is 5.60 Å². The second-order valence-corrected chi connectivity index (χ2v) is 6.49. The summed E-state index contributed by atoms with van der Waals surface area (Å²) >= 11 is 0. The number of esters is 1. The van der Waals surface area contributed by atoms with E-state index in [2.05, 4.69) is 5.32 Å². The maximum atomic E-state index is 11.7. The number of hydrogen-bond donors (Lipinski definition) is 1. The van der Waals surface area contributed by atoms with Gasteiger partial charge in [-0.1, -0.05) is 0 Å². The molecular formula is C15H27NO4. The van der Waals surface area contributed by atoms with Gasteiger partial charge in [-0.25, -0.2) is 4.79 Å². The second-order valence-electron chi connectivity index (χ2n) is 6.49. The highest BCUT2D eigenvalue weighted by molar-refractivity contribution is 5.68. The van der Waals surface area contributed by atoms with Crippen molar-refractivity contribution in [3.63, 3.8) is 0 Å². The van der Waals surface area contributed by atoms with Crippen molar-refractivity contribution in [2.75, 3.05) is 6.61 Å². The van der Waals surface area contributed by atoms with E-state index in [0.717, 1.165) is 32.1 Å². The summed E-state index contributed by atoms with van der Waals surface area (Å²) in [5.41, 5.74) is -0.453. The third-order valence-electron chi connectivity index (χ3n) is 3.40. The largest absolute Gasteiger partial charge is 0.466 e. The third kappa shape index (κ3) is 7.36. The average molecular weight is 285 g/mol. The van der Waals surface area contributed by atoms with E-state index >= 15 is 0 Å². The highest BCUT2D eigenvalue weighted by Gasteiger charge is 2.24. The van der Waals surface area contributed by atoms with Crippen molar-refractivity contribution in [1.82, 2.24) is 5.32 Å². The van der Waals surface area contributed by atoms with Gasteiger partial charge in [-0.05, 0) is 58.8 Å². The number of ether oxygens (including phenoxy) is 2. The number of rotatable bonds is 4. The Kier molecular flexibility index (Phi) is 6.30. The van der Waals surface area contributed by atoms with Crippen LogP contribution in [0.4, 0.5) is 4.79 Å². The summed E-state index contributed by atoms with van der Waals surface area (Å²) in [4.78, 5) is 22.4. The summed E-state index contributed by atoms with van der Waals surface area (Å²) < 4.78 is 10.2. The Bertz CT molecular complexity index is 327. The quantitative estimate of drug-likeness (QED) is 0.806. The predicted octanol–water partition coefficient (Wildman–Crippen LogP) is 3.02.